The number of nitrogens with zero attached hydrogens (tertiary/aromatic N) is 2. The van der Waals surface area contributed by atoms with Crippen molar-refractivity contribution in [3.63, 3.8) is 0 Å². The number of hydrogen-bond donors (Lipinski definition) is 25. The molecule has 0 unspecified atom stereocenters. The van der Waals surface area contributed by atoms with Crippen LogP contribution in [0.1, 0.15) is 216 Å². The van der Waals surface area contributed by atoms with Crippen molar-refractivity contribution in [3.8, 4) is 0 Å². The van der Waals surface area contributed by atoms with E-state index in [2.05, 4.69) is 89.4 Å². The fraction of sp³-hybridized carbons (Fsp3) is 0.656. The molecule has 0 spiro atoms. The van der Waals surface area contributed by atoms with Gasteiger partial charge in [-0.1, -0.05) is 131 Å². The van der Waals surface area contributed by atoms with E-state index in [1.165, 1.54) is 6.92 Å². The number of benzene rings is 2. The molecule has 0 bridgehead atoms. The SMILES string of the molecule is CC[C@H](C)[C@H](NC(=O)[C@H](CCCN=C(N)N)NC(=O)[C@H](CCCCN)NC(=O)[C@H](Cc1ccccc1)NC(=O)[C@H](CC(C)C)NC(=O)[C@H](CCCCN)NC(=O)[C@H](Cc1c[nH]c2ccccc12)NC(=O)[C@@H](N)CCCCN)C(=O)NCC(=O)N[C@@H](C)C(=O)N[C@H](C(=O)N[C@@H](CC(C)C)C(=O)N[C@@H](CCCCN)C(=O)N[C@@H](CCCN=C(N)N)C(=O)N[C@@H](CC(C)C)C(N)=O)C(C)C. The minimum Gasteiger partial charge on any atom is -0.370 e. The van der Waals surface area contributed by atoms with E-state index >= 15 is 4.79 Å². The molecule has 2 aromatic carbocycles. The van der Waals surface area contributed by atoms with Gasteiger partial charge < -0.3 is 137 Å². The number of primary amides is 1. The Labute approximate surface area is 775 Å². The number of aliphatic imine (C=N–C) groups is 2. The number of fused-ring (bicyclic) bond motifs is 1. The molecule has 0 aliphatic carbocycles. The van der Waals surface area contributed by atoms with Crippen LogP contribution >= 0.6 is 0 Å². The van der Waals surface area contributed by atoms with Gasteiger partial charge in [-0.25, -0.2) is 0 Å². The molecule has 0 saturated carbocycles. The maximum atomic E-state index is 15.1. The lowest BCUT2D eigenvalue weighted by Gasteiger charge is -2.29. The van der Waals surface area contributed by atoms with Gasteiger partial charge in [0.15, 0.2) is 11.9 Å². The van der Waals surface area contributed by atoms with Crippen LogP contribution in [0.5, 0.6) is 0 Å². The van der Waals surface area contributed by atoms with Gasteiger partial charge in [0.2, 0.25) is 88.6 Å². The zero-order chi connectivity index (χ0) is 98.7. The largest absolute Gasteiger partial charge is 0.370 e. The van der Waals surface area contributed by atoms with Gasteiger partial charge in [0.05, 0.1) is 12.6 Å². The van der Waals surface area contributed by atoms with Crippen molar-refractivity contribution >= 4 is 111 Å². The summed E-state index contributed by atoms with van der Waals surface area (Å²) in [6, 6.07) is -1.80. The third-order valence-corrected chi connectivity index (χ3v) is 22.1. The quantitative estimate of drug-likeness (QED) is 0.0160. The van der Waals surface area contributed by atoms with Gasteiger partial charge >= 0.3 is 0 Å². The summed E-state index contributed by atoms with van der Waals surface area (Å²) in [7, 11) is 0. The van der Waals surface area contributed by atoms with Crippen molar-refractivity contribution < 1.29 is 71.9 Å². The van der Waals surface area contributed by atoms with Gasteiger partial charge in [-0.2, -0.15) is 0 Å². The Hall–Kier alpha value is -11.6. The van der Waals surface area contributed by atoms with E-state index in [0.29, 0.717) is 75.5 Å². The van der Waals surface area contributed by atoms with Gasteiger partial charge in [0.25, 0.3) is 0 Å². The molecule has 15 atom stereocenters. The number of carbonyl (C=O) groups excluding carboxylic acids is 15. The molecule has 35 N–H and O–H groups in total. The Bertz CT molecular complexity index is 4200. The van der Waals surface area contributed by atoms with Crippen molar-refractivity contribution in [2.45, 2.75) is 302 Å². The second-order valence-electron chi connectivity index (χ2n) is 35.4. The van der Waals surface area contributed by atoms with Gasteiger partial charge in [-0.15, -0.1) is 0 Å². The summed E-state index contributed by atoms with van der Waals surface area (Å²) in [5.74, 6) is -13.9. The smallest absolute Gasteiger partial charge is 0.243 e. The molecule has 740 valence electrons. The number of aromatic amines is 1. The van der Waals surface area contributed by atoms with E-state index in [0.717, 1.165) is 10.9 Å². The molecule has 1 aromatic heterocycles. The van der Waals surface area contributed by atoms with Gasteiger partial charge in [-0.05, 0) is 195 Å². The van der Waals surface area contributed by atoms with Crippen LogP contribution in [0.3, 0.4) is 0 Å². The standard InChI is InChI=1S/C90H155N27O15/c1-12-55(10)74(87(131)104-50-72(118)105-56(11)76(120)116-73(54(8)9)88(132)115-69(46-53(6)7)83(127)108-62(33-19-23-39-92)78(122)106-65(36-26-42-101-89(97)98)80(124)111-67(75(96)119)44-51(2)3)117-82(126)66(37-27-43-102-90(99)100)107-79(123)63(34-20-24-40-93)109-85(129)70(47-57-28-14-13-15-29-57)114-84(128)68(45-52(4)5)113-81(125)64(35-21-25-41-94)110-86(130)71(112-77(121)60(95)31-18-22-38-91)48-58-49-103-61-32-17-16-30-59(58)61/h13-17,28-30,32,49,51-56,60,62-71,73-74,103H,12,18-27,31,33-48,50,91-95H2,1-11H3,(H2,96,119)(H,104,131)(H,105,118)(H,106,122)(H,107,123)(H,108,127)(H,109,129)(H,110,130)(H,111,124)(H,112,121)(H,113,125)(H,114,128)(H,115,132)(H,116,120)(H,117,126)(H4,97,98,101)(H4,99,100,102)/t55-,56-,60-,62-,63-,64-,65-,66-,67-,68-,69-,70-,71-,73-,74-/m0/s1. The summed E-state index contributed by atoms with van der Waals surface area (Å²) >= 11 is 0. The average molecular weight is 1860 g/mol. The molecule has 0 fully saturated rings. The number of rotatable bonds is 66. The number of hydrogen-bond acceptors (Lipinski definition) is 22. The van der Waals surface area contributed by atoms with Crippen LogP contribution in [0.15, 0.2) is 70.8 Å². The number of guanidine groups is 2. The highest BCUT2D eigenvalue weighted by Gasteiger charge is 2.39. The van der Waals surface area contributed by atoms with Crippen LogP contribution in [0.4, 0.5) is 0 Å². The number of nitrogens with one attached hydrogen (secondary N) is 15. The molecule has 42 heteroatoms. The van der Waals surface area contributed by atoms with E-state index in [-0.39, 0.29) is 146 Å². The Morgan fingerprint density at radius 3 is 1.14 bits per heavy atom. The Morgan fingerprint density at radius 1 is 0.356 bits per heavy atom. The molecule has 3 aromatic rings. The number of unbranched alkanes of at least 4 members (excludes halogenated alkanes) is 4. The first kappa shape index (κ1) is 115. The highest BCUT2D eigenvalue weighted by molar-refractivity contribution is 6.01. The van der Waals surface area contributed by atoms with Crippen LogP contribution < -0.4 is 132 Å². The number of amides is 15. The third-order valence-electron chi connectivity index (χ3n) is 22.1. The predicted octanol–water partition coefficient (Wildman–Crippen LogP) is -2.33. The zero-order valence-corrected chi connectivity index (χ0v) is 79.0. The Morgan fingerprint density at radius 2 is 0.712 bits per heavy atom. The lowest BCUT2D eigenvalue weighted by molar-refractivity contribution is -0.136. The third kappa shape index (κ3) is 43.6. The highest BCUT2D eigenvalue weighted by Crippen LogP contribution is 2.22. The fourth-order valence-electron chi connectivity index (χ4n) is 14.5. The Balaban J connectivity index is 1.91. The van der Waals surface area contributed by atoms with Crippen LogP contribution in [0.2, 0.25) is 0 Å². The number of nitrogens with two attached hydrogens (primary N) is 10. The van der Waals surface area contributed by atoms with E-state index < -0.39 is 192 Å². The van der Waals surface area contributed by atoms with E-state index in [1.807, 2.05) is 52.0 Å². The van der Waals surface area contributed by atoms with Gasteiger partial charge in [-0.3, -0.25) is 81.9 Å². The first-order valence-electron chi connectivity index (χ1n) is 46.3. The number of aromatic nitrogens is 1. The topological polar surface area (TPSA) is 725 Å². The minimum absolute atomic E-state index is 0.00589. The first-order valence-corrected chi connectivity index (χ1v) is 46.3. The van der Waals surface area contributed by atoms with E-state index in [9.17, 15) is 67.1 Å². The summed E-state index contributed by atoms with van der Waals surface area (Å²) in [6.45, 7) is 19.4. The summed E-state index contributed by atoms with van der Waals surface area (Å²) in [5, 5.41) is 39.0. The number of H-pyrrole nitrogens is 1. The molecule has 132 heavy (non-hydrogen) atoms. The molecule has 0 aliphatic rings. The van der Waals surface area contributed by atoms with Gasteiger partial charge in [0, 0.05) is 43.0 Å². The van der Waals surface area contributed by atoms with Crippen LogP contribution in [0.25, 0.3) is 10.9 Å². The summed E-state index contributed by atoms with van der Waals surface area (Å²) < 4.78 is 0. The molecular weight excluding hydrogens is 1700 g/mol. The maximum Gasteiger partial charge on any atom is 0.243 e. The molecule has 0 saturated heterocycles. The Kier molecular flexibility index (Phi) is 53.7. The summed E-state index contributed by atoms with van der Waals surface area (Å²) in [5.41, 5.74) is 59.8. The predicted molar refractivity (Wildman–Crippen MR) is 507 cm³/mol. The van der Waals surface area contributed by atoms with E-state index in [1.54, 1.807) is 78.1 Å². The molecule has 0 radical (unpaired) electrons. The molecule has 15 amide bonds. The molecule has 42 nitrogen and oxygen atoms in total. The van der Waals surface area contributed by atoms with Crippen molar-refractivity contribution in [1.29, 1.82) is 0 Å². The van der Waals surface area contributed by atoms with Crippen LogP contribution in [0, 0.1) is 29.6 Å². The number of carbonyl (C=O) groups is 15. The fourth-order valence-corrected chi connectivity index (χ4v) is 14.5. The number of para-hydroxylation sites is 1. The normalized spacial score (nSPS) is 14.8. The second kappa shape index (κ2) is 61.9. The highest BCUT2D eigenvalue weighted by atomic mass is 16.2. The molecule has 0 aliphatic heterocycles. The zero-order valence-electron chi connectivity index (χ0n) is 79.0. The van der Waals surface area contributed by atoms with Crippen LogP contribution in [-0.2, 0) is 84.8 Å². The van der Waals surface area contributed by atoms with Gasteiger partial charge in [0.1, 0.15) is 78.5 Å². The maximum absolute atomic E-state index is 15.1. The summed E-state index contributed by atoms with van der Waals surface area (Å²) in [4.78, 5) is 225. The lowest BCUT2D eigenvalue weighted by atomic mass is 9.97. The van der Waals surface area contributed by atoms with Crippen LogP contribution in [-0.4, -0.2) is 236 Å². The first-order chi connectivity index (χ1) is 62.6. The molecule has 1 heterocycles. The van der Waals surface area contributed by atoms with Crippen molar-refractivity contribution in [3.05, 3.63) is 71.9 Å². The summed E-state index contributed by atoms with van der Waals surface area (Å²) in [6.07, 6.45) is 6.35. The van der Waals surface area contributed by atoms with Crippen molar-refractivity contribution in [1.82, 2.24) is 79.4 Å². The van der Waals surface area contributed by atoms with Crippen molar-refractivity contribution in [2.24, 2.45) is 96.9 Å². The lowest BCUT2D eigenvalue weighted by Crippen LogP contribution is -2.61. The van der Waals surface area contributed by atoms with Crippen molar-refractivity contribution in [2.75, 3.05) is 45.8 Å². The monoisotopic (exact) mass is 1850 g/mol. The second-order valence-corrected chi connectivity index (χ2v) is 35.4. The minimum atomic E-state index is -1.44. The molecular formula is C90H155N27O15. The van der Waals surface area contributed by atoms with E-state index in [4.69, 9.17) is 57.3 Å². The average Bonchev–Trinajstić information content (AvgIpc) is 1.24. The molecule has 3 rings (SSSR count).